The number of hydrogen-bond acceptors (Lipinski definition) is 6. The van der Waals surface area contributed by atoms with Gasteiger partial charge in [0, 0.05) is 24.2 Å². The van der Waals surface area contributed by atoms with Gasteiger partial charge in [0.05, 0.1) is 21.3 Å². The Hall–Kier alpha value is -2.79. The highest BCUT2D eigenvalue weighted by molar-refractivity contribution is 7.19. The molecular formula is C24H24ClN5OS. The molecule has 0 unspecified atom stereocenters. The summed E-state index contributed by atoms with van der Waals surface area (Å²) < 4.78 is 0. The molecule has 1 aromatic carbocycles. The molecule has 1 saturated heterocycles. The molecule has 1 fully saturated rings. The van der Waals surface area contributed by atoms with Crippen LogP contribution in [0, 0.1) is 12.3 Å². The molecule has 3 aromatic rings. The predicted molar refractivity (Wildman–Crippen MR) is 130 cm³/mol. The first-order chi connectivity index (χ1) is 15.6. The second-order valence-corrected chi connectivity index (χ2v) is 9.04. The Morgan fingerprint density at radius 3 is 2.69 bits per heavy atom. The molecule has 0 spiro atoms. The summed E-state index contributed by atoms with van der Waals surface area (Å²) in [6.45, 7) is 3.97. The fourth-order valence-electron chi connectivity index (χ4n) is 3.70. The van der Waals surface area contributed by atoms with Crippen LogP contribution < -0.4 is 10.6 Å². The zero-order valence-electron chi connectivity index (χ0n) is 17.9. The van der Waals surface area contributed by atoms with Crippen molar-refractivity contribution in [1.82, 2.24) is 20.3 Å². The van der Waals surface area contributed by atoms with Crippen LogP contribution in [0.15, 0.2) is 24.4 Å². The van der Waals surface area contributed by atoms with Gasteiger partial charge < -0.3 is 10.6 Å². The molecule has 0 saturated carbocycles. The lowest BCUT2D eigenvalue weighted by Gasteiger charge is -2.15. The Morgan fingerprint density at radius 1 is 1.22 bits per heavy atom. The number of hydrogen-bond donors (Lipinski definition) is 2. The van der Waals surface area contributed by atoms with Crippen molar-refractivity contribution in [1.29, 1.82) is 0 Å². The minimum atomic E-state index is -0.141. The van der Waals surface area contributed by atoms with Gasteiger partial charge in [0.2, 0.25) is 5.91 Å². The van der Waals surface area contributed by atoms with Gasteiger partial charge >= 0.3 is 0 Å². The molecule has 5 rings (SSSR count). The summed E-state index contributed by atoms with van der Waals surface area (Å²) in [5.74, 6) is 2.95. The number of nitrogens with one attached hydrogen (secondary N) is 2. The second-order valence-electron chi connectivity index (χ2n) is 7.67. The molecule has 8 heteroatoms. The van der Waals surface area contributed by atoms with Crippen molar-refractivity contribution in [3.05, 3.63) is 46.2 Å². The van der Waals surface area contributed by atoms with Crippen LogP contribution >= 0.6 is 22.9 Å². The van der Waals surface area contributed by atoms with Gasteiger partial charge in [-0.05, 0) is 56.5 Å². The Kier molecular flexibility index (Phi) is 7.15. The Bertz CT molecular complexity index is 1170. The van der Waals surface area contributed by atoms with E-state index in [0.29, 0.717) is 27.1 Å². The highest BCUT2D eigenvalue weighted by Crippen LogP contribution is 2.39. The molecule has 1 aliphatic heterocycles. The maximum Gasteiger partial charge on any atom is 0.223 e. The normalized spacial score (nSPS) is 14.3. The van der Waals surface area contributed by atoms with Crippen molar-refractivity contribution in [2.24, 2.45) is 0 Å². The highest BCUT2D eigenvalue weighted by Gasteiger charge is 2.24. The summed E-state index contributed by atoms with van der Waals surface area (Å²) in [4.78, 5) is 26.0. The van der Waals surface area contributed by atoms with Gasteiger partial charge in [0.25, 0.3) is 0 Å². The summed E-state index contributed by atoms with van der Waals surface area (Å²) in [5.41, 5.74) is 4.15. The number of anilines is 1. The molecule has 1 aliphatic carbocycles. The number of benzene rings is 1. The monoisotopic (exact) mass is 465 g/mol. The van der Waals surface area contributed by atoms with Crippen molar-refractivity contribution < 1.29 is 4.79 Å². The van der Waals surface area contributed by atoms with E-state index in [2.05, 4.69) is 26.5 Å². The minimum Gasteiger partial charge on any atom is -0.317 e. The van der Waals surface area contributed by atoms with E-state index in [4.69, 9.17) is 23.0 Å². The second kappa shape index (κ2) is 10.2. The van der Waals surface area contributed by atoms with Gasteiger partial charge in [-0.3, -0.25) is 4.79 Å². The van der Waals surface area contributed by atoms with Gasteiger partial charge in [-0.25, -0.2) is 15.0 Å². The van der Waals surface area contributed by atoms with Gasteiger partial charge in [-0.2, -0.15) is 0 Å². The van der Waals surface area contributed by atoms with Crippen molar-refractivity contribution in [2.45, 2.75) is 39.0 Å². The molecule has 0 atom stereocenters. The van der Waals surface area contributed by atoms with Crippen molar-refractivity contribution in [3.63, 3.8) is 0 Å². The topological polar surface area (TPSA) is 79.8 Å². The number of carbonyl (C=O) groups is 1. The van der Waals surface area contributed by atoms with E-state index in [1.54, 1.807) is 6.07 Å². The quantitative estimate of drug-likeness (QED) is 0.535. The Morgan fingerprint density at radius 2 is 2.03 bits per heavy atom. The average molecular weight is 466 g/mol. The molecule has 2 aromatic heterocycles. The number of aromatic nitrogens is 3. The molecule has 32 heavy (non-hydrogen) atoms. The van der Waals surface area contributed by atoms with Crippen LogP contribution in [0.1, 0.15) is 43.0 Å². The van der Waals surface area contributed by atoms with Crippen LogP contribution in [-0.2, 0) is 17.6 Å². The summed E-state index contributed by atoms with van der Waals surface area (Å²) in [7, 11) is 0. The highest BCUT2D eigenvalue weighted by atomic mass is 35.5. The molecule has 164 valence electrons. The SMILES string of the molecule is C#Cc1cccc(-c2ncc3c(n2)-c2sc(NC(C)=O)nc2CC3)c1Cl.C1CCNCC1. The van der Waals surface area contributed by atoms with Crippen LogP contribution in [0.5, 0.6) is 0 Å². The van der Waals surface area contributed by atoms with Crippen LogP contribution in [0.2, 0.25) is 5.02 Å². The number of carbonyl (C=O) groups excluding carboxylic acids is 1. The van der Waals surface area contributed by atoms with E-state index in [1.165, 1.54) is 50.6 Å². The molecule has 1 amide bonds. The zero-order chi connectivity index (χ0) is 22.5. The van der Waals surface area contributed by atoms with Crippen LogP contribution in [-0.4, -0.2) is 33.9 Å². The third-order valence-electron chi connectivity index (χ3n) is 5.29. The number of piperidine rings is 1. The smallest absolute Gasteiger partial charge is 0.223 e. The van der Waals surface area contributed by atoms with Crippen LogP contribution in [0.25, 0.3) is 22.0 Å². The predicted octanol–water partition coefficient (Wildman–Crippen LogP) is 4.72. The summed E-state index contributed by atoms with van der Waals surface area (Å²) in [5, 5.41) is 7.08. The largest absolute Gasteiger partial charge is 0.317 e. The molecule has 2 aliphatic rings. The third kappa shape index (κ3) is 4.99. The molecule has 0 bridgehead atoms. The van der Waals surface area contributed by atoms with Gasteiger partial charge in [0.15, 0.2) is 11.0 Å². The molecular weight excluding hydrogens is 442 g/mol. The Balaban J connectivity index is 0.000000354. The van der Waals surface area contributed by atoms with Crippen molar-refractivity contribution >= 4 is 34.0 Å². The number of fused-ring (bicyclic) bond motifs is 3. The first kappa shape index (κ1) is 22.4. The summed E-state index contributed by atoms with van der Waals surface area (Å²) >= 11 is 7.83. The first-order valence-electron chi connectivity index (χ1n) is 10.7. The fourth-order valence-corrected chi connectivity index (χ4v) is 5.05. The zero-order valence-corrected chi connectivity index (χ0v) is 19.4. The lowest BCUT2D eigenvalue weighted by Crippen LogP contribution is -2.21. The number of halogens is 1. The number of terminal acetylenes is 1. The van der Waals surface area contributed by atoms with Gasteiger partial charge in [0.1, 0.15) is 0 Å². The number of nitrogens with zero attached hydrogens (tertiary/aromatic N) is 3. The Labute approximate surface area is 196 Å². The fraction of sp³-hybridized carbons (Fsp3) is 0.333. The average Bonchev–Trinajstić information content (AvgIpc) is 3.23. The maximum atomic E-state index is 11.3. The van der Waals surface area contributed by atoms with Crippen LogP contribution in [0.3, 0.4) is 0 Å². The standard InChI is InChI=1S/C19H13ClN4OS.C5H11N/c1-3-11-5-4-6-13(15(11)20)18-21-9-12-7-8-14-17(16(12)24-18)26-19(23-14)22-10(2)25;1-2-4-6-5-3-1/h1,4-6,9H,7-8H2,2H3,(H,22,23,25);6H,1-5H2. The van der Waals surface area contributed by atoms with Gasteiger partial charge in [-0.15, -0.1) is 6.42 Å². The van der Waals surface area contributed by atoms with E-state index in [9.17, 15) is 4.79 Å². The lowest BCUT2D eigenvalue weighted by atomic mass is 9.99. The summed E-state index contributed by atoms with van der Waals surface area (Å²) in [6, 6.07) is 5.47. The van der Waals surface area contributed by atoms with Gasteiger partial charge in [-0.1, -0.05) is 41.3 Å². The lowest BCUT2D eigenvalue weighted by molar-refractivity contribution is -0.114. The van der Waals surface area contributed by atoms with E-state index < -0.39 is 0 Å². The van der Waals surface area contributed by atoms with E-state index in [1.807, 2.05) is 18.3 Å². The number of amides is 1. The van der Waals surface area contributed by atoms with E-state index in [-0.39, 0.29) is 5.91 Å². The van der Waals surface area contributed by atoms with E-state index >= 15 is 0 Å². The number of thiazole rings is 1. The van der Waals surface area contributed by atoms with Crippen molar-refractivity contribution in [2.75, 3.05) is 18.4 Å². The number of rotatable bonds is 2. The molecule has 0 radical (unpaired) electrons. The molecule has 6 nitrogen and oxygen atoms in total. The summed E-state index contributed by atoms with van der Waals surface area (Å²) in [6.07, 6.45) is 13.2. The maximum absolute atomic E-state index is 11.3. The third-order valence-corrected chi connectivity index (χ3v) is 6.72. The first-order valence-corrected chi connectivity index (χ1v) is 11.9. The van der Waals surface area contributed by atoms with Crippen molar-refractivity contribution in [3.8, 4) is 34.3 Å². The molecule has 2 N–H and O–H groups in total. The minimum absolute atomic E-state index is 0.141. The van der Waals surface area contributed by atoms with Crippen LogP contribution in [0.4, 0.5) is 5.13 Å². The van der Waals surface area contributed by atoms with E-state index in [0.717, 1.165) is 34.7 Å². The number of aryl methyl sites for hydroxylation is 2. The molecule has 3 heterocycles.